The smallest absolute Gasteiger partial charge is 0.199 e. The van der Waals surface area contributed by atoms with E-state index in [2.05, 4.69) is 13.8 Å². The van der Waals surface area contributed by atoms with Gasteiger partial charge in [0.2, 0.25) is 0 Å². The molecular formula is C48H62N2O8S2. The van der Waals surface area contributed by atoms with Crippen LogP contribution >= 0.6 is 0 Å². The van der Waals surface area contributed by atoms with E-state index in [-0.39, 0.29) is 34.6 Å². The molecule has 0 spiro atoms. The zero-order valence-electron chi connectivity index (χ0n) is 37.8. The number of fused-ring (bicyclic) bond motifs is 2. The molecule has 4 atom stereocenters. The topological polar surface area (TPSA) is 183 Å². The second-order valence-electron chi connectivity index (χ2n) is 18.8. The van der Waals surface area contributed by atoms with Crippen molar-refractivity contribution in [1.29, 1.82) is 9.56 Å². The van der Waals surface area contributed by atoms with E-state index < -0.39 is 42.2 Å². The van der Waals surface area contributed by atoms with Crippen molar-refractivity contribution in [2.24, 2.45) is 11.8 Å². The van der Waals surface area contributed by atoms with Crippen molar-refractivity contribution in [3.63, 3.8) is 0 Å². The van der Waals surface area contributed by atoms with Gasteiger partial charge >= 0.3 is 0 Å². The molecule has 60 heavy (non-hydrogen) atoms. The summed E-state index contributed by atoms with van der Waals surface area (Å²) in [6.45, 7) is 10.7. The SMILES string of the molecule is [2H]c1cc([C@@H](C)C2CC2)c(CC(=O)CS(=N)(=O)c2cc(C(C)(C)O)co2)c2c1CCC2.[2H]c1cc([C@@H](C)C2CC2)c(CC(=O)CS(=N)(=O)c2cc(C(C)(C)O)co2)c2c1CCC2. The van der Waals surface area contributed by atoms with Gasteiger partial charge in [-0.05, 0) is 160 Å². The average molecular weight is 861 g/mol. The minimum absolute atomic E-state index is 0.0729. The molecule has 4 aliphatic carbocycles. The van der Waals surface area contributed by atoms with E-state index in [9.17, 15) is 28.2 Å². The molecule has 12 heteroatoms. The van der Waals surface area contributed by atoms with Gasteiger partial charge in [0.1, 0.15) is 19.5 Å². The minimum Gasteiger partial charge on any atom is -0.454 e. The molecule has 8 rings (SSSR count). The summed E-state index contributed by atoms with van der Waals surface area (Å²) in [6, 6.07) is 7.85. The minimum atomic E-state index is -3.44. The van der Waals surface area contributed by atoms with Gasteiger partial charge in [0.25, 0.3) is 0 Å². The molecular weight excluding hydrogens is 797 g/mol. The quantitative estimate of drug-likeness (QED) is 0.0859. The Morgan fingerprint density at radius 2 is 1.08 bits per heavy atom. The van der Waals surface area contributed by atoms with Crippen molar-refractivity contribution in [1.82, 2.24) is 0 Å². The van der Waals surface area contributed by atoms with Crippen LogP contribution in [0.25, 0.3) is 0 Å². The Morgan fingerprint density at radius 1 is 0.717 bits per heavy atom. The molecule has 2 saturated carbocycles. The fraction of sp³-hybridized carbons (Fsp3) is 0.542. The highest BCUT2D eigenvalue weighted by atomic mass is 32.2. The molecule has 2 aromatic carbocycles. The zero-order chi connectivity index (χ0) is 45.1. The molecule has 4 aliphatic rings. The van der Waals surface area contributed by atoms with Crippen LogP contribution in [0.3, 0.4) is 0 Å². The van der Waals surface area contributed by atoms with Crippen LogP contribution in [-0.2, 0) is 78.8 Å². The highest BCUT2D eigenvalue weighted by molar-refractivity contribution is 7.93. The van der Waals surface area contributed by atoms with Crippen LogP contribution in [0.15, 0.2) is 67.9 Å². The van der Waals surface area contributed by atoms with Crippen LogP contribution in [0.5, 0.6) is 0 Å². The summed E-state index contributed by atoms with van der Waals surface area (Å²) in [6.07, 6.45) is 13.1. The molecule has 0 radical (unpaired) electrons. The summed E-state index contributed by atoms with van der Waals surface area (Å²) in [5, 5.41) is 20.0. The molecule has 4 aromatic rings. The van der Waals surface area contributed by atoms with E-state index in [1.165, 1.54) is 50.3 Å². The van der Waals surface area contributed by atoms with E-state index in [0.717, 1.165) is 83.0 Å². The number of Topliss-reactive ketones (excluding diaryl/α,β-unsaturated/α-hetero) is 2. The van der Waals surface area contributed by atoms with Gasteiger partial charge in [-0.2, -0.15) is 0 Å². The third kappa shape index (κ3) is 9.93. The maximum Gasteiger partial charge on any atom is 0.199 e. The van der Waals surface area contributed by atoms with Gasteiger partial charge in [-0.15, -0.1) is 0 Å². The van der Waals surface area contributed by atoms with Crippen LogP contribution in [-0.4, -0.2) is 41.7 Å². The number of hydrogen-bond acceptors (Lipinski definition) is 10. The summed E-state index contributed by atoms with van der Waals surface area (Å²) in [4.78, 5) is 26.0. The van der Waals surface area contributed by atoms with E-state index >= 15 is 0 Å². The van der Waals surface area contributed by atoms with E-state index in [1.54, 1.807) is 27.7 Å². The van der Waals surface area contributed by atoms with Crippen molar-refractivity contribution in [2.45, 2.75) is 152 Å². The lowest BCUT2D eigenvalue weighted by molar-refractivity contribution is -0.116. The predicted octanol–water partition coefficient (Wildman–Crippen LogP) is 9.45. The number of furan rings is 2. The molecule has 2 aromatic heterocycles. The molecule has 0 aliphatic heterocycles. The van der Waals surface area contributed by atoms with Gasteiger partial charge in [-0.25, -0.2) is 18.0 Å². The highest BCUT2D eigenvalue weighted by Gasteiger charge is 2.34. The van der Waals surface area contributed by atoms with Crippen molar-refractivity contribution in [2.75, 3.05) is 11.5 Å². The monoisotopic (exact) mass is 860 g/mol. The first kappa shape index (κ1) is 41.5. The third-order valence-corrected chi connectivity index (χ3v) is 16.2. The first-order valence-corrected chi connectivity index (χ1v) is 24.9. The molecule has 324 valence electrons. The standard InChI is InChI=1S/2C24H31NO4S/c2*1-15(16-7-8-16)20-10-9-17-5-4-6-21(17)22(20)12-19(26)14-30(25,28)23-11-18(13-29-23)24(2,3)27/h2*9-11,13,15-16,25,27H,4-8,12,14H2,1-3H3/t2*15-,30?/m00/s1/i2*9D. The van der Waals surface area contributed by atoms with E-state index in [4.69, 9.17) is 21.1 Å². The fourth-order valence-electron chi connectivity index (χ4n) is 8.97. The third-order valence-electron chi connectivity index (χ3n) is 13.0. The normalized spacial score (nSPS) is 19.8. The number of rotatable bonds is 16. The van der Waals surface area contributed by atoms with Gasteiger partial charge in [0.15, 0.2) is 21.8 Å². The lowest BCUT2D eigenvalue weighted by Crippen LogP contribution is -2.19. The Bertz CT molecular complexity index is 2430. The van der Waals surface area contributed by atoms with Gasteiger partial charge < -0.3 is 19.0 Å². The number of benzene rings is 2. The van der Waals surface area contributed by atoms with Crippen LogP contribution in [0, 0.1) is 21.4 Å². The summed E-state index contributed by atoms with van der Waals surface area (Å²) >= 11 is 0. The number of carbonyl (C=O) groups is 2. The van der Waals surface area contributed by atoms with Crippen molar-refractivity contribution >= 4 is 31.0 Å². The predicted molar refractivity (Wildman–Crippen MR) is 233 cm³/mol. The van der Waals surface area contributed by atoms with Gasteiger partial charge in [0, 0.05) is 36.1 Å². The Hall–Kier alpha value is -3.84. The number of aliphatic hydroxyl groups is 2. The Balaban J connectivity index is 0.000000186. The lowest BCUT2D eigenvalue weighted by Gasteiger charge is -2.19. The van der Waals surface area contributed by atoms with Crippen LogP contribution in [0.1, 0.15) is 150 Å². The molecule has 2 fully saturated rings. The molecule has 0 saturated heterocycles. The Labute approximate surface area is 358 Å². The Morgan fingerprint density at radius 3 is 1.40 bits per heavy atom. The summed E-state index contributed by atoms with van der Waals surface area (Å²) in [5.41, 5.74) is 7.02. The summed E-state index contributed by atoms with van der Waals surface area (Å²) < 4.78 is 70.0. The summed E-state index contributed by atoms with van der Waals surface area (Å²) in [7, 11) is -6.89. The van der Waals surface area contributed by atoms with Crippen LogP contribution in [0.4, 0.5) is 0 Å². The molecule has 0 bridgehead atoms. The zero-order valence-corrected chi connectivity index (χ0v) is 37.5. The summed E-state index contributed by atoms with van der Waals surface area (Å²) in [5.74, 6) is 0.485. The second kappa shape index (κ2) is 16.8. The molecule has 2 unspecified atom stereocenters. The lowest BCUT2D eigenvalue weighted by atomic mass is 9.86. The molecule has 2 heterocycles. The fourth-order valence-corrected chi connectivity index (χ4v) is 11.4. The average Bonchev–Trinajstić information content (AvgIpc) is 3.86. The second-order valence-corrected chi connectivity index (χ2v) is 22.9. The molecule has 4 N–H and O–H groups in total. The first-order valence-electron chi connectivity index (χ1n) is 22.4. The molecule has 0 amide bonds. The molecule has 10 nitrogen and oxygen atoms in total. The van der Waals surface area contributed by atoms with Crippen molar-refractivity contribution in [3.05, 3.63) is 105 Å². The number of ketones is 2. The maximum absolute atomic E-state index is 13.0. The largest absolute Gasteiger partial charge is 0.454 e. The van der Waals surface area contributed by atoms with Crippen molar-refractivity contribution < 1.29 is 39.8 Å². The van der Waals surface area contributed by atoms with Gasteiger partial charge in [-0.3, -0.25) is 9.59 Å². The van der Waals surface area contributed by atoms with E-state index in [0.29, 0.717) is 46.9 Å². The maximum atomic E-state index is 13.0. The first-order chi connectivity index (χ1) is 28.9. The highest BCUT2D eigenvalue weighted by Crippen LogP contribution is 2.46. The van der Waals surface area contributed by atoms with Gasteiger partial charge in [-0.1, -0.05) is 38.1 Å². The van der Waals surface area contributed by atoms with E-state index in [1.807, 2.05) is 12.1 Å². The number of carbonyl (C=O) groups excluding carboxylic acids is 2. The van der Waals surface area contributed by atoms with Crippen LogP contribution < -0.4 is 0 Å². The number of nitrogens with one attached hydrogen (secondary N) is 2. The Kier molecular flexibility index (Phi) is 11.6. The number of hydrogen-bond donors (Lipinski definition) is 4. The van der Waals surface area contributed by atoms with Gasteiger partial charge in [0.05, 0.1) is 38.0 Å². The van der Waals surface area contributed by atoms with Crippen LogP contribution in [0.2, 0.25) is 0 Å². The van der Waals surface area contributed by atoms with Crippen molar-refractivity contribution in [3.8, 4) is 0 Å².